The summed E-state index contributed by atoms with van der Waals surface area (Å²) in [7, 11) is 0. The van der Waals surface area contributed by atoms with E-state index in [1.54, 1.807) is 11.3 Å². The molecule has 108 valence electrons. The smallest absolute Gasteiger partial charge is 0.146 e. The number of aryl methyl sites for hydroxylation is 2. The average molecular weight is 291 g/mol. The summed E-state index contributed by atoms with van der Waals surface area (Å²) in [5.41, 5.74) is 7.35. The van der Waals surface area contributed by atoms with Crippen LogP contribution in [0.15, 0.2) is 0 Å². The molecule has 0 spiro atoms. The Hall–Kier alpha value is -1.24. The molecule has 3 heterocycles. The molecule has 2 aromatic rings. The molecule has 0 aliphatic carbocycles. The number of anilines is 1. The molecule has 1 aliphatic rings. The summed E-state index contributed by atoms with van der Waals surface area (Å²) >= 11 is 1.71. The second-order valence-electron chi connectivity index (χ2n) is 5.36. The van der Waals surface area contributed by atoms with E-state index in [4.69, 9.17) is 10.7 Å². The van der Waals surface area contributed by atoms with Crippen molar-refractivity contribution in [1.82, 2.24) is 20.2 Å². The second kappa shape index (κ2) is 5.27. The fraction of sp³-hybridized carbons (Fsp3) is 0.571. The fourth-order valence-corrected chi connectivity index (χ4v) is 3.67. The van der Waals surface area contributed by atoms with Gasteiger partial charge >= 0.3 is 0 Å². The first-order valence-corrected chi connectivity index (χ1v) is 7.88. The molecular weight excluding hydrogens is 270 g/mol. The van der Waals surface area contributed by atoms with Crippen LogP contribution in [0.25, 0.3) is 10.2 Å². The van der Waals surface area contributed by atoms with Gasteiger partial charge in [0, 0.05) is 24.0 Å². The van der Waals surface area contributed by atoms with Gasteiger partial charge in [0.05, 0.1) is 11.9 Å². The predicted octanol–water partition coefficient (Wildman–Crippen LogP) is 1.68. The first-order chi connectivity index (χ1) is 9.60. The minimum Gasteiger partial charge on any atom is -0.383 e. The van der Waals surface area contributed by atoms with E-state index in [1.165, 1.54) is 10.4 Å². The van der Waals surface area contributed by atoms with Crippen molar-refractivity contribution >= 4 is 27.4 Å². The highest BCUT2D eigenvalue weighted by atomic mass is 32.1. The highest BCUT2D eigenvalue weighted by Crippen LogP contribution is 2.32. The monoisotopic (exact) mass is 291 g/mol. The Balaban J connectivity index is 1.91. The molecule has 0 bridgehead atoms. The minimum absolute atomic E-state index is 0.604. The van der Waals surface area contributed by atoms with Crippen LogP contribution in [-0.4, -0.2) is 40.5 Å². The third kappa shape index (κ3) is 2.28. The Morgan fingerprint density at radius 3 is 2.70 bits per heavy atom. The van der Waals surface area contributed by atoms with Gasteiger partial charge in [-0.15, -0.1) is 11.3 Å². The maximum Gasteiger partial charge on any atom is 0.146 e. The Labute approximate surface area is 123 Å². The number of hydrogen-bond donors (Lipinski definition) is 2. The van der Waals surface area contributed by atoms with Crippen molar-refractivity contribution in [3.05, 3.63) is 16.3 Å². The van der Waals surface area contributed by atoms with Crippen LogP contribution in [-0.2, 0) is 6.54 Å². The van der Waals surface area contributed by atoms with Crippen molar-refractivity contribution < 1.29 is 0 Å². The molecular formula is C14H21N5S. The first-order valence-electron chi connectivity index (χ1n) is 7.07. The largest absolute Gasteiger partial charge is 0.383 e. The van der Waals surface area contributed by atoms with E-state index in [-0.39, 0.29) is 0 Å². The highest BCUT2D eigenvalue weighted by molar-refractivity contribution is 7.18. The van der Waals surface area contributed by atoms with Crippen LogP contribution in [0.1, 0.15) is 23.2 Å². The summed E-state index contributed by atoms with van der Waals surface area (Å²) in [5, 5.41) is 4.34. The number of likely N-dealkylation sites (N-methyl/N-ethyl adjacent to an activating group) is 1. The normalized spacial score (nSPS) is 16.0. The standard InChI is InChI=1S/C14H21N5S/c1-4-19(10-5-16-6-10)7-11-17-13(15)12-8(2)9(3)20-14(12)18-11/h10,16H,4-7H2,1-3H3,(H2,15,17,18). The van der Waals surface area contributed by atoms with Gasteiger partial charge in [0.25, 0.3) is 0 Å². The molecule has 3 rings (SSSR count). The zero-order valence-electron chi connectivity index (χ0n) is 12.2. The van der Waals surface area contributed by atoms with Crippen molar-refractivity contribution in [2.45, 2.75) is 33.4 Å². The molecule has 0 radical (unpaired) electrons. The minimum atomic E-state index is 0.604. The molecule has 0 amide bonds. The number of aromatic nitrogens is 2. The maximum absolute atomic E-state index is 6.14. The van der Waals surface area contributed by atoms with Crippen LogP contribution in [0, 0.1) is 13.8 Å². The van der Waals surface area contributed by atoms with Gasteiger partial charge in [-0.05, 0) is 26.0 Å². The lowest BCUT2D eigenvalue weighted by atomic mass is 10.1. The summed E-state index contributed by atoms with van der Waals surface area (Å²) < 4.78 is 0. The average Bonchev–Trinajstić information content (AvgIpc) is 2.62. The highest BCUT2D eigenvalue weighted by Gasteiger charge is 2.24. The Bertz CT molecular complexity index is 632. The van der Waals surface area contributed by atoms with Crippen molar-refractivity contribution in [2.75, 3.05) is 25.4 Å². The molecule has 2 aromatic heterocycles. The van der Waals surface area contributed by atoms with Crippen molar-refractivity contribution in [3.63, 3.8) is 0 Å². The van der Waals surface area contributed by atoms with E-state index in [2.05, 4.69) is 36.0 Å². The third-order valence-electron chi connectivity index (χ3n) is 4.13. The lowest BCUT2D eigenvalue weighted by Gasteiger charge is -2.37. The molecule has 0 saturated carbocycles. The number of nitrogen functional groups attached to an aromatic ring is 1. The van der Waals surface area contributed by atoms with E-state index in [1.807, 2.05) is 0 Å². The van der Waals surface area contributed by atoms with Gasteiger partial charge in [0.2, 0.25) is 0 Å². The molecule has 1 fully saturated rings. The van der Waals surface area contributed by atoms with E-state index < -0.39 is 0 Å². The van der Waals surface area contributed by atoms with Gasteiger partial charge in [-0.2, -0.15) is 0 Å². The molecule has 1 saturated heterocycles. The Kier molecular flexibility index (Phi) is 3.62. The molecule has 3 N–H and O–H groups in total. The van der Waals surface area contributed by atoms with E-state index >= 15 is 0 Å². The Morgan fingerprint density at radius 1 is 1.35 bits per heavy atom. The van der Waals surface area contributed by atoms with Gasteiger partial charge in [0.15, 0.2) is 0 Å². The molecule has 0 atom stereocenters. The maximum atomic E-state index is 6.14. The summed E-state index contributed by atoms with van der Waals surface area (Å²) in [4.78, 5) is 13.9. The summed E-state index contributed by atoms with van der Waals surface area (Å²) in [6.07, 6.45) is 0. The number of nitrogens with zero attached hydrogens (tertiary/aromatic N) is 3. The summed E-state index contributed by atoms with van der Waals surface area (Å²) in [6, 6.07) is 0.604. The molecule has 1 aliphatic heterocycles. The molecule has 0 unspecified atom stereocenters. The van der Waals surface area contributed by atoms with Crippen molar-refractivity contribution in [3.8, 4) is 0 Å². The zero-order chi connectivity index (χ0) is 14.3. The van der Waals surface area contributed by atoms with Gasteiger partial charge in [0.1, 0.15) is 16.5 Å². The van der Waals surface area contributed by atoms with Crippen LogP contribution in [0.3, 0.4) is 0 Å². The topological polar surface area (TPSA) is 67.1 Å². The van der Waals surface area contributed by atoms with Gasteiger partial charge < -0.3 is 11.1 Å². The van der Waals surface area contributed by atoms with Crippen LogP contribution in [0.4, 0.5) is 5.82 Å². The Morgan fingerprint density at radius 2 is 2.10 bits per heavy atom. The van der Waals surface area contributed by atoms with Gasteiger partial charge in [-0.25, -0.2) is 9.97 Å². The third-order valence-corrected chi connectivity index (χ3v) is 5.23. The van der Waals surface area contributed by atoms with Gasteiger partial charge in [-0.1, -0.05) is 6.92 Å². The molecule has 5 nitrogen and oxygen atoms in total. The number of nitrogens with one attached hydrogen (secondary N) is 1. The number of fused-ring (bicyclic) bond motifs is 1. The number of thiophene rings is 1. The lowest BCUT2D eigenvalue weighted by Crippen LogP contribution is -2.56. The molecule has 0 aromatic carbocycles. The fourth-order valence-electron chi connectivity index (χ4n) is 2.61. The first kappa shape index (κ1) is 13.7. The van der Waals surface area contributed by atoms with Crippen molar-refractivity contribution in [1.29, 1.82) is 0 Å². The second-order valence-corrected chi connectivity index (χ2v) is 6.57. The summed E-state index contributed by atoms with van der Waals surface area (Å²) in [6.45, 7) is 10.3. The van der Waals surface area contributed by atoms with Crippen LogP contribution in [0.5, 0.6) is 0 Å². The number of hydrogen-bond acceptors (Lipinski definition) is 6. The van der Waals surface area contributed by atoms with E-state index in [9.17, 15) is 0 Å². The lowest BCUT2D eigenvalue weighted by molar-refractivity contribution is 0.142. The van der Waals surface area contributed by atoms with Gasteiger partial charge in [-0.3, -0.25) is 4.90 Å². The predicted molar refractivity (Wildman–Crippen MR) is 84.0 cm³/mol. The SMILES string of the molecule is CCN(Cc1nc(N)c2c(C)c(C)sc2n1)C1CNC1. The zero-order valence-corrected chi connectivity index (χ0v) is 13.0. The number of nitrogens with two attached hydrogens (primary N) is 1. The van der Waals surface area contributed by atoms with E-state index in [0.717, 1.165) is 42.2 Å². The van der Waals surface area contributed by atoms with Crippen LogP contribution in [0.2, 0.25) is 0 Å². The molecule has 20 heavy (non-hydrogen) atoms. The van der Waals surface area contributed by atoms with Crippen LogP contribution < -0.4 is 11.1 Å². The molecule has 6 heteroatoms. The van der Waals surface area contributed by atoms with E-state index in [0.29, 0.717) is 11.9 Å². The van der Waals surface area contributed by atoms with Crippen LogP contribution >= 0.6 is 11.3 Å². The van der Waals surface area contributed by atoms with Crippen molar-refractivity contribution in [2.24, 2.45) is 0 Å². The number of rotatable bonds is 4. The quantitative estimate of drug-likeness (QED) is 0.897. The summed E-state index contributed by atoms with van der Waals surface area (Å²) in [5.74, 6) is 1.46.